The van der Waals surface area contributed by atoms with Gasteiger partial charge in [-0.25, -0.2) is 0 Å². The molecule has 0 aromatic carbocycles. The number of hydrogen-bond acceptors (Lipinski definition) is 0. The molecule has 1 unspecified atom stereocenters. The zero-order chi connectivity index (χ0) is 7.28. The second-order valence-corrected chi connectivity index (χ2v) is 4.98. The lowest BCUT2D eigenvalue weighted by molar-refractivity contribution is 0.578. The molecule has 0 spiro atoms. The van der Waals surface area contributed by atoms with E-state index in [9.17, 15) is 0 Å². The van der Waals surface area contributed by atoms with Crippen molar-refractivity contribution in [3.05, 3.63) is 0 Å². The molecule has 52 valence electrons. The average Bonchev–Trinajstić information content (AvgIpc) is 1.63. The summed E-state index contributed by atoms with van der Waals surface area (Å²) in [7, 11) is 5.51. The van der Waals surface area contributed by atoms with E-state index in [1.807, 2.05) is 0 Å². The van der Waals surface area contributed by atoms with Crippen LogP contribution in [0.25, 0.3) is 0 Å². The highest BCUT2D eigenvalue weighted by Crippen LogP contribution is 2.24. The molecule has 0 aromatic rings. The van der Waals surface area contributed by atoms with Crippen molar-refractivity contribution in [2.24, 2.45) is 5.92 Å². The van der Waals surface area contributed by atoms with Gasteiger partial charge < -0.3 is 0 Å². The van der Waals surface area contributed by atoms with Crippen molar-refractivity contribution in [3.8, 4) is 0 Å². The van der Waals surface area contributed by atoms with Crippen LogP contribution in [-0.4, -0.2) is 20.4 Å². The molecule has 0 aliphatic heterocycles. The van der Waals surface area contributed by atoms with Gasteiger partial charge in [0.1, 0.15) is 7.57 Å². The van der Waals surface area contributed by atoms with Gasteiger partial charge in [-0.2, -0.15) is 7.80 Å². The Kier molecular flexibility index (Phi) is 5.58. The molecule has 0 aromatic heterocycles. The predicted molar refractivity (Wildman–Crippen MR) is 47.5 cm³/mol. The Morgan fingerprint density at radius 2 is 2.00 bits per heavy atom. The van der Waals surface area contributed by atoms with Gasteiger partial charge in [0.25, 0.3) is 0 Å². The maximum atomic E-state index is 5.64. The third-order valence-corrected chi connectivity index (χ3v) is 2.31. The van der Waals surface area contributed by atoms with E-state index < -0.39 is 0 Å². The van der Waals surface area contributed by atoms with Crippen molar-refractivity contribution in [3.63, 3.8) is 0 Å². The monoisotopic (exact) mass is 142 g/mol. The van der Waals surface area contributed by atoms with E-state index in [-0.39, 0.29) is 7.80 Å². The first-order valence-electron chi connectivity index (χ1n) is 3.58. The lowest BCUT2D eigenvalue weighted by Crippen LogP contribution is -1.89. The van der Waals surface area contributed by atoms with Crippen molar-refractivity contribution in [1.29, 1.82) is 0 Å². The summed E-state index contributed by atoms with van der Waals surface area (Å²) >= 11 is 0. The van der Waals surface area contributed by atoms with Crippen LogP contribution in [0.5, 0.6) is 0 Å². The Bertz CT molecular complexity index is 53.9. The lowest BCUT2D eigenvalue weighted by atomic mass is 10.1. The van der Waals surface area contributed by atoms with Gasteiger partial charge in [0.15, 0.2) is 0 Å². The fourth-order valence-electron chi connectivity index (χ4n) is 0.749. The Hall–Kier alpha value is 0.495. The summed E-state index contributed by atoms with van der Waals surface area (Å²) in [5.74, 6) is 0.847. The summed E-state index contributed by atoms with van der Waals surface area (Å²) in [4.78, 5) is 0. The molecule has 9 heavy (non-hydrogen) atoms. The van der Waals surface area contributed by atoms with E-state index in [0.717, 1.165) is 5.92 Å². The zero-order valence-electron chi connectivity index (χ0n) is 6.72. The number of rotatable bonds is 4. The average molecular weight is 142 g/mol. The highest BCUT2D eigenvalue weighted by atomic mass is 31.1. The van der Waals surface area contributed by atoms with E-state index in [1.54, 1.807) is 0 Å². The maximum Gasteiger partial charge on any atom is 0.108 e. The van der Waals surface area contributed by atoms with Crippen LogP contribution >= 0.6 is 7.80 Å². The van der Waals surface area contributed by atoms with Gasteiger partial charge in [-0.05, 0) is 18.5 Å². The quantitative estimate of drug-likeness (QED) is 0.418. The topological polar surface area (TPSA) is 0 Å². The third-order valence-electron chi connectivity index (χ3n) is 1.29. The highest BCUT2D eigenvalue weighted by Gasteiger charge is 1.95. The third kappa shape index (κ3) is 8.49. The first-order chi connectivity index (χ1) is 4.13. The SMILES string of the molecule is [B]P(C)CCCC(C)C. The summed E-state index contributed by atoms with van der Waals surface area (Å²) in [5, 5.41) is 0. The molecular formula is C7H16BP. The fraction of sp³-hybridized carbons (Fsp3) is 1.00. The van der Waals surface area contributed by atoms with Gasteiger partial charge in [-0.1, -0.05) is 26.9 Å². The first kappa shape index (κ1) is 9.49. The summed E-state index contributed by atoms with van der Waals surface area (Å²) in [6.45, 7) is 6.65. The molecule has 0 saturated heterocycles. The van der Waals surface area contributed by atoms with E-state index in [1.165, 1.54) is 19.0 Å². The standard InChI is InChI=1S/C7H16BP/c1-7(2)5-4-6-9(3)8/h7H,4-6H2,1-3H3. The normalized spacial score (nSPS) is 14.2. The van der Waals surface area contributed by atoms with Gasteiger partial charge in [-0.3, -0.25) is 0 Å². The molecule has 0 nitrogen and oxygen atoms in total. The molecule has 0 rings (SSSR count). The zero-order valence-corrected chi connectivity index (χ0v) is 7.62. The van der Waals surface area contributed by atoms with Crippen LogP contribution in [0.15, 0.2) is 0 Å². The molecule has 0 N–H and O–H groups in total. The molecule has 0 fully saturated rings. The van der Waals surface area contributed by atoms with Crippen molar-refractivity contribution in [2.45, 2.75) is 26.7 Å². The molecular weight excluding hydrogens is 126 g/mol. The lowest BCUT2D eigenvalue weighted by Gasteiger charge is -2.06. The summed E-state index contributed by atoms with van der Waals surface area (Å²) in [6.07, 6.45) is 3.90. The van der Waals surface area contributed by atoms with Crippen molar-refractivity contribution in [1.82, 2.24) is 0 Å². The molecule has 0 heterocycles. The minimum atomic E-state index is -0.131. The van der Waals surface area contributed by atoms with Crippen molar-refractivity contribution in [2.75, 3.05) is 12.8 Å². The van der Waals surface area contributed by atoms with E-state index in [0.29, 0.717) is 0 Å². The second-order valence-electron chi connectivity index (χ2n) is 3.02. The van der Waals surface area contributed by atoms with Crippen LogP contribution in [0.4, 0.5) is 0 Å². The van der Waals surface area contributed by atoms with Gasteiger partial charge in [0, 0.05) is 0 Å². The van der Waals surface area contributed by atoms with E-state index >= 15 is 0 Å². The van der Waals surface area contributed by atoms with Crippen LogP contribution in [-0.2, 0) is 0 Å². The van der Waals surface area contributed by atoms with E-state index in [2.05, 4.69) is 20.5 Å². The van der Waals surface area contributed by atoms with Gasteiger partial charge in [0.2, 0.25) is 0 Å². The van der Waals surface area contributed by atoms with Crippen LogP contribution in [0.3, 0.4) is 0 Å². The van der Waals surface area contributed by atoms with Gasteiger partial charge >= 0.3 is 0 Å². The van der Waals surface area contributed by atoms with Gasteiger partial charge in [-0.15, -0.1) is 0 Å². The van der Waals surface area contributed by atoms with Crippen LogP contribution in [0.2, 0.25) is 0 Å². The second kappa shape index (κ2) is 5.29. The molecule has 2 heteroatoms. The van der Waals surface area contributed by atoms with E-state index in [4.69, 9.17) is 7.57 Å². The summed E-state index contributed by atoms with van der Waals surface area (Å²) in [6, 6.07) is 0. The van der Waals surface area contributed by atoms with Gasteiger partial charge in [0.05, 0.1) is 0 Å². The maximum absolute atomic E-state index is 5.64. The van der Waals surface area contributed by atoms with Crippen molar-refractivity contribution >= 4 is 15.4 Å². The summed E-state index contributed by atoms with van der Waals surface area (Å²) < 4.78 is 0. The fourth-order valence-corrected chi connectivity index (χ4v) is 1.43. The molecule has 2 radical (unpaired) electrons. The largest absolute Gasteiger partial charge is 0.160 e. The van der Waals surface area contributed by atoms with Crippen molar-refractivity contribution < 1.29 is 0 Å². The predicted octanol–water partition coefficient (Wildman–Crippen LogP) is 2.62. The molecule has 1 atom stereocenters. The Morgan fingerprint density at radius 3 is 2.33 bits per heavy atom. The van der Waals surface area contributed by atoms with Crippen LogP contribution in [0.1, 0.15) is 26.7 Å². The summed E-state index contributed by atoms with van der Waals surface area (Å²) in [5.41, 5.74) is 0. The van der Waals surface area contributed by atoms with Crippen LogP contribution in [0, 0.1) is 5.92 Å². The molecule has 0 saturated carbocycles. The minimum absolute atomic E-state index is 0.131. The number of hydrogen-bond donors (Lipinski definition) is 0. The molecule has 0 amide bonds. The molecule has 0 bridgehead atoms. The Labute approximate surface area is 61.5 Å². The molecule has 0 aliphatic carbocycles. The van der Waals surface area contributed by atoms with Crippen LogP contribution < -0.4 is 0 Å². The Balaban J connectivity index is 2.91. The first-order valence-corrected chi connectivity index (χ1v) is 5.63. The minimum Gasteiger partial charge on any atom is -0.160 e. The Morgan fingerprint density at radius 1 is 1.44 bits per heavy atom. The smallest absolute Gasteiger partial charge is 0.108 e. The highest BCUT2D eigenvalue weighted by molar-refractivity contribution is 7.81. The molecule has 0 aliphatic rings.